The predicted molar refractivity (Wildman–Crippen MR) is 53.0 cm³/mol. The normalized spacial score (nSPS) is 20.1. The van der Waals surface area contributed by atoms with E-state index in [4.69, 9.17) is 10.5 Å². The van der Waals surface area contributed by atoms with Crippen LogP contribution in [0.4, 0.5) is 19.3 Å². The molecule has 0 radical (unpaired) electrons. The van der Waals surface area contributed by atoms with Crippen molar-refractivity contribution >= 4 is 11.8 Å². The topological polar surface area (TPSA) is 55.6 Å². The standard InChI is InChI=1S/C10H10F2N2O2/c11-6-1-2-8(12)9(3-6)14-5-7(4-13)16-10(14)15/h1-3,7H,4-5,13H2. The van der Waals surface area contributed by atoms with Gasteiger partial charge < -0.3 is 10.5 Å². The van der Waals surface area contributed by atoms with Crippen LogP contribution in [0.25, 0.3) is 0 Å². The lowest BCUT2D eigenvalue weighted by molar-refractivity contribution is 0.145. The summed E-state index contributed by atoms with van der Waals surface area (Å²) in [4.78, 5) is 12.4. The highest BCUT2D eigenvalue weighted by atomic mass is 19.1. The molecule has 1 unspecified atom stereocenters. The van der Waals surface area contributed by atoms with Crippen molar-refractivity contribution in [1.82, 2.24) is 0 Å². The van der Waals surface area contributed by atoms with E-state index in [-0.39, 0.29) is 18.8 Å². The van der Waals surface area contributed by atoms with Crippen LogP contribution < -0.4 is 10.6 Å². The molecule has 1 aromatic rings. The van der Waals surface area contributed by atoms with E-state index in [1.54, 1.807) is 0 Å². The maximum atomic E-state index is 13.4. The number of benzene rings is 1. The SMILES string of the molecule is NCC1CN(c2cc(F)ccc2F)C(=O)O1. The number of hydrogen-bond acceptors (Lipinski definition) is 3. The fraction of sp³-hybridized carbons (Fsp3) is 0.300. The predicted octanol–water partition coefficient (Wildman–Crippen LogP) is 1.25. The minimum absolute atomic E-state index is 0.124. The molecule has 0 spiro atoms. The van der Waals surface area contributed by atoms with E-state index in [0.717, 1.165) is 23.1 Å². The van der Waals surface area contributed by atoms with Gasteiger partial charge >= 0.3 is 6.09 Å². The molecular weight excluding hydrogens is 218 g/mol. The zero-order valence-corrected chi connectivity index (χ0v) is 8.32. The highest BCUT2D eigenvalue weighted by molar-refractivity contribution is 5.89. The molecule has 2 N–H and O–H groups in total. The molecule has 0 bridgehead atoms. The van der Waals surface area contributed by atoms with Crippen LogP contribution in [0.5, 0.6) is 0 Å². The van der Waals surface area contributed by atoms with Crippen molar-refractivity contribution in [3.63, 3.8) is 0 Å². The molecule has 1 aliphatic heterocycles. The second-order valence-electron chi connectivity index (χ2n) is 3.45. The second kappa shape index (κ2) is 4.05. The number of anilines is 1. The van der Waals surface area contributed by atoms with Gasteiger partial charge in [-0.05, 0) is 12.1 Å². The summed E-state index contributed by atoms with van der Waals surface area (Å²) in [7, 11) is 0. The highest BCUT2D eigenvalue weighted by Crippen LogP contribution is 2.25. The molecule has 0 saturated carbocycles. The van der Waals surface area contributed by atoms with Gasteiger partial charge in [0.05, 0.1) is 12.2 Å². The smallest absolute Gasteiger partial charge is 0.414 e. The van der Waals surface area contributed by atoms with E-state index >= 15 is 0 Å². The van der Waals surface area contributed by atoms with Gasteiger partial charge in [0.2, 0.25) is 0 Å². The summed E-state index contributed by atoms with van der Waals surface area (Å²) < 4.78 is 31.2. The molecule has 1 heterocycles. The molecule has 2 rings (SSSR count). The van der Waals surface area contributed by atoms with Gasteiger partial charge in [0, 0.05) is 12.6 Å². The van der Waals surface area contributed by atoms with Crippen molar-refractivity contribution in [1.29, 1.82) is 0 Å². The molecule has 0 aromatic heterocycles. The Morgan fingerprint density at radius 3 is 2.88 bits per heavy atom. The van der Waals surface area contributed by atoms with E-state index in [9.17, 15) is 13.6 Å². The minimum atomic E-state index is -0.708. The van der Waals surface area contributed by atoms with E-state index < -0.39 is 23.8 Å². The van der Waals surface area contributed by atoms with Gasteiger partial charge in [-0.15, -0.1) is 0 Å². The first-order valence-corrected chi connectivity index (χ1v) is 4.75. The molecule has 16 heavy (non-hydrogen) atoms. The number of hydrogen-bond donors (Lipinski definition) is 1. The van der Waals surface area contributed by atoms with Crippen molar-refractivity contribution in [2.24, 2.45) is 5.73 Å². The largest absolute Gasteiger partial charge is 0.443 e. The van der Waals surface area contributed by atoms with Gasteiger partial charge in [0.15, 0.2) is 0 Å². The summed E-state index contributed by atoms with van der Waals surface area (Å²) in [5.74, 6) is -1.28. The first-order valence-electron chi connectivity index (χ1n) is 4.75. The van der Waals surface area contributed by atoms with Crippen LogP contribution in [0.2, 0.25) is 0 Å². The quantitative estimate of drug-likeness (QED) is 0.828. The van der Waals surface area contributed by atoms with Gasteiger partial charge in [-0.3, -0.25) is 4.90 Å². The molecule has 1 saturated heterocycles. The van der Waals surface area contributed by atoms with Gasteiger partial charge in [-0.25, -0.2) is 13.6 Å². The van der Waals surface area contributed by atoms with Crippen molar-refractivity contribution in [3.05, 3.63) is 29.8 Å². The van der Waals surface area contributed by atoms with Crippen LogP contribution in [0.3, 0.4) is 0 Å². The number of nitrogens with zero attached hydrogens (tertiary/aromatic N) is 1. The monoisotopic (exact) mass is 228 g/mol. The summed E-state index contributed by atoms with van der Waals surface area (Å²) in [6.07, 6.45) is -1.19. The Morgan fingerprint density at radius 2 is 2.25 bits per heavy atom. The number of nitrogens with two attached hydrogens (primary N) is 1. The van der Waals surface area contributed by atoms with Crippen LogP contribution in [0, 0.1) is 11.6 Å². The summed E-state index contributed by atoms with van der Waals surface area (Å²) in [6.45, 7) is 0.287. The third kappa shape index (κ3) is 1.83. The van der Waals surface area contributed by atoms with Crippen LogP contribution in [0.15, 0.2) is 18.2 Å². The molecule has 1 fully saturated rings. The molecule has 1 aromatic carbocycles. The lowest BCUT2D eigenvalue weighted by atomic mass is 10.2. The Hall–Kier alpha value is -1.69. The molecular formula is C10H10F2N2O2. The fourth-order valence-corrected chi connectivity index (χ4v) is 1.53. The summed E-state index contributed by atoms with van der Waals surface area (Å²) in [6, 6.07) is 2.91. The summed E-state index contributed by atoms with van der Waals surface area (Å²) in [5, 5.41) is 0. The first kappa shape index (κ1) is 10.8. The number of halogens is 2. The zero-order chi connectivity index (χ0) is 11.7. The molecule has 1 amide bonds. The fourth-order valence-electron chi connectivity index (χ4n) is 1.53. The maximum Gasteiger partial charge on any atom is 0.414 e. The number of cyclic esters (lactones) is 1. The van der Waals surface area contributed by atoms with Gasteiger partial charge in [0.1, 0.15) is 17.7 Å². The van der Waals surface area contributed by atoms with E-state index in [1.807, 2.05) is 0 Å². The van der Waals surface area contributed by atoms with Crippen LogP contribution in [-0.4, -0.2) is 25.3 Å². The number of carbonyl (C=O) groups excluding carboxylic acids is 1. The lowest BCUT2D eigenvalue weighted by Crippen LogP contribution is -2.28. The zero-order valence-electron chi connectivity index (χ0n) is 8.32. The molecule has 1 aliphatic rings. The number of rotatable bonds is 2. The van der Waals surface area contributed by atoms with Crippen molar-refractivity contribution in [3.8, 4) is 0 Å². The average Bonchev–Trinajstić information content (AvgIpc) is 2.63. The third-order valence-electron chi connectivity index (χ3n) is 2.34. The third-order valence-corrected chi connectivity index (χ3v) is 2.34. The maximum absolute atomic E-state index is 13.4. The molecule has 1 atom stereocenters. The van der Waals surface area contributed by atoms with E-state index in [2.05, 4.69) is 0 Å². The molecule has 4 nitrogen and oxygen atoms in total. The number of ether oxygens (including phenoxy) is 1. The first-order chi connectivity index (χ1) is 7.61. The Labute approximate surface area is 90.6 Å². The van der Waals surface area contributed by atoms with Gasteiger partial charge in [0.25, 0.3) is 0 Å². The van der Waals surface area contributed by atoms with Gasteiger partial charge in [-0.2, -0.15) is 0 Å². The Morgan fingerprint density at radius 1 is 1.50 bits per heavy atom. The van der Waals surface area contributed by atoms with Crippen molar-refractivity contribution in [2.75, 3.05) is 18.0 Å². The van der Waals surface area contributed by atoms with Crippen LogP contribution >= 0.6 is 0 Å². The number of amides is 1. The van der Waals surface area contributed by atoms with E-state index in [0.29, 0.717) is 0 Å². The minimum Gasteiger partial charge on any atom is -0.443 e. The number of carbonyl (C=O) groups is 1. The molecule has 86 valence electrons. The molecule has 6 heteroatoms. The van der Waals surface area contributed by atoms with Crippen molar-refractivity contribution < 1.29 is 18.3 Å². The Bertz CT molecular complexity index is 425. The van der Waals surface area contributed by atoms with Crippen LogP contribution in [0.1, 0.15) is 0 Å². The Kier molecular flexibility index (Phi) is 2.74. The highest BCUT2D eigenvalue weighted by Gasteiger charge is 2.33. The lowest BCUT2D eigenvalue weighted by Gasteiger charge is -2.13. The average molecular weight is 228 g/mol. The van der Waals surface area contributed by atoms with Gasteiger partial charge in [-0.1, -0.05) is 0 Å². The van der Waals surface area contributed by atoms with Crippen LogP contribution in [-0.2, 0) is 4.74 Å². The Balaban J connectivity index is 2.30. The second-order valence-corrected chi connectivity index (χ2v) is 3.45. The van der Waals surface area contributed by atoms with Crippen molar-refractivity contribution in [2.45, 2.75) is 6.10 Å². The summed E-state index contributed by atoms with van der Waals surface area (Å²) >= 11 is 0. The van der Waals surface area contributed by atoms with E-state index in [1.165, 1.54) is 0 Å². The molecule has 0 aliphatic carbocycles. The summed E-state index contributed by atoms with van der Waals surface area (Å²) in [5.41, 5.74) is 5.21.